The number of rotatable bonds is 3. The van der Waals surface area contributed by atoms with Crippen LogP contribution in [0.15, 0.2) is 30.3 Å². The van der Waals surface area contributed by atoms with Crippen LogP contribution >= 0.6 is 0 Å². The van der Waals surface area contributed by atoms with E-state index in [0.717, 1.165) is 24.8 Å². The van der Waals surface area contributed by atoms with E-state index >= 15 is 0 Å². The van der Waals surface area contributed by atoms with Crippen LogP contribution in [0.3, 0.4) is 0 Å². The van der Waals surface area contributed by atoms with Gasteiger partial charge in [-0.2, -0.15) is 10.3 Å². The molecule has 0 spiro atoms. The first kappa shape index (κ1) is 14.4. The van der Waals surface area contributed by atoms with E-state index in [1.54, 1.807) is 0 Å². The van der Waals surface area contributed by atoms with Crippen LogP contribution in [0.2, 0.25) is 0 Å². The zero-order chi connectivity index (χ0) is 14.4. The van der Waals surface area contributed by atoms with E-state index in [-0.39, 0.29) is 0 Å². The zero-order valence-electron chi connectivity index (χ0n) is 11.4. The van der Waals surface area contributed by atoms with Gasteiger partial charge in [-0.25, -0.2) is 4.79 Å². The lowest BCUT2D eigenvalue weighted by molar-refractivity contribution is -0.116. The molecule has 0 aliphatic heterocycles. The highest BCUT2D eigenvalue weighted by Crippen LogP contribution is 2.32. The molecule has 0 radical (unpaired) electrons. The van der Waals surface area contributed by atoms with Gasteiger partial charge in [-0.15, -0.1) is 0 Å². The molecular weight excluding hydrogens is 254 g/mol. The molecule has 0 atom stereocenters. The quantitative estimate of drug-likeness (QED) is 0.656. The van der Waals surface area contributed by atoms with Gasteiger partial charge in [-0.3, -0.25) is 5.21 Å². The predicted octanol–water partition coefficient (Wildman–Crippen LogP) is 2.81. The topological polar surface area (TPSA) is 76.4 Å². The molecule has 2 amide bonds. The monoisotopic (exact) mass is 273 g/mol. The molecule has 20 heavy (non-hydrogen) atoms. The SMILES string of the molecule is N#CC1(N(O)C(=O)NCc2ccccc2)CCCCC1. The normalized spacial score (nSPS) is 17.0. The van der Waals surface area contributed by atoms with Crippen molar-refractivity contribution < 1.29 is 10.0 Å². The summed E-state index contributed by atoms with van der Waals surface area (Å²) in [6.07, 6.45) is 3.81. The fraction of sp³-hybridized carbons (Fsp3) is 0.467. The Morgan fingerprint density at radius 3 is 2.55 bits per heavy atom. The van der Waals surface area contributed by atoms with Crippen LogP contribution in [0, 0.1) is 11.3 Å². The first-order valence-corrected chi connectivity index (χ1v) is 6.90. The summed E-state index contributed by atoms with van der Waals surface area (Å²) in [5.74, 6) is 0. The summed E-state index contributed by atoms with van der Waals surface area (Å²) in [6, 6.07) is 11.0. The molecule has 0 unspecified atom stereocenters. The number of amides is 2. The summed E-state index contributed by atoms with van der Waals surface area (Å²) in [6.45, 7) is 0.332. The number of urea groups is 1. The minimum atomic E-state index is -1.07. The zero-order valence-corrected chi connectivity index (χ0v) is 11.4. The molecule has 1 aliphatic rings. The third-order valence-corrected chi connectivity index (χ3v) is 3.77. The van der Waals surface area contributed by atoms with Gasteiger partial charge in [0.2, 0.25) is 0 Å². The summed E-state index contributed by atoms with van der Waals surface area (Å²) in [4.78, 5) is 12.0. The summed E-state index contributed by atoms with van der Waals surface area (Å²) < 4.78 is 0. The van der Waals surface area contributed by atoms with Crippen molar-refractivity contribution in [1.82, 2.24) is 10.4 Å². The van der Waals surface area contributed by atoms with E-state index in [1.165, 1.54) is 0 Å². The number of nitriles is 1. The number of carbonyl (C=O) groups is 1. The number of hydrogen-bond donors (Lipinski definition) is 2. The maximum Gasteiger partial charge on any atom is 0.342 e. The molecule has 0 aromatic heterocycles. The Bertz CT molecular complexity index is 490. The smallest absolute Gasteiger partial charge is 0.332 e. The molecule has 1 aromatic carbocycles. The van der Waals surface area contributed by atoms with Gasteiger partial charge < -0.3 is 5.32 Å². The standard InChI is InChI=1S/C15H19N3O2/c16-12-15(9-5-2-6-10-15)18(20)14(19)17-11-13-7-3-1-4-8-13/h1,3-4,7-8,20H,2,5-6,9-11H2,(H,17,19). The lowest BCUT2D eigenvalue weighted by Gasteiger charge is -2.36. The number of hydrogen-bond acceptors (Lipinski definition) is 3. The van der Waals surface area contributed by atoms with Crippen LogP contribution < -0.4 is 5.32 Å². The molecule has 106 valence electrons. The maximum absolute atomic E-state index is 12.0. The lowest BCUT2D eigenvalue weighted by atomic mass is 9.82. The Hall–Kier alpha value is -2.06. The molecular formula is C15H19N3O2. The Morgan fingerprint density at radius 2 is 1.95 bits per heavy atom. The molecule has 0 heterocycles. The molecule has 2 rings (SSSR count). The molecule has 5 heteroatoms. The second-order valence-electron chi connectivity index (χ2n) is 5.16. The highest BCUT2D eigenvalue weighted by molar-refractivity contribution is 5.74. The van der Waals surface area contributed by atoms with Gasteiger partial charge in [0, 0.05) is 6.54 Å². The third-order valence-electron chi connectivity index (χ3n) is 3.77. The average Bonchev–Trinajstić information content (AvgIpc) is 2.53. The van der Waals surface area contributed by atoms with Crippen molar-refractivity contribution >= 4 is 6.03 Å². The number of nitrogens with one attached hydrogen (secondary N) is 1. The Labute approximate surface area is 118 Å². The van der Waals surface area contributed by atoms with Gasteiger partial charge in [0.05, 0.1) is 6.07 Å². The fourth-order valence-electron chi connectivity index (χ4n) is 2.55. The molecule has 5 nitrogen and oxygen atoms in total. The van der Waals surface area contributed by atoms with Gasteiger partial charge >= 0.3 is 6.03 Å². The van der Waals surface area contributed by atoms with E-state index in [9.17, 15) is 15.3 Å². The van der Waals surface area contributed by atoms with Crippen molar-refractivity contribution in [1.29, 1.82) is 5.26 Å². The summed E-state index contributed by atoms with van der Waals surface area (Å²) in [7, 11) is 0. The Balaban J connectivity index is 1.96. The molecule has 2 N–H and O–H groups in total. The first-order chi connectivity index (χ1) is 9.68. The predicted molar refractivity (Wildman–Crippen MR) is 73.7 cm³/mol. The van der Waals surface area contributed by atoms with E-state index in [2.05, 4.69) is 11.4 Å². The van der Waals surface area contributed by atoms with Crippen LogP contribution in [0.1, 0.15) is 37.7 Å². The minimum absolute atomic E-state index is 0.332. The van der Waals surface area contributed by atoms with E-state index in [0.29, 0.717) is 24.4 Å². The van der Waals surface area contributed by atoms with E-state index < -0.39 is 11.6 Å². The van der Waals surface area contributed by atoms with Gasteiger partial charge in [-0.05, 0) is 31.2 Å². The maximum atomic E-state index is 12.0. The number of nitrogens with zero attached hydrogens (tertiary/aromatic N) is 2. The largest absolute Gasteiger partial charge is 0.342 e. The summed E-state index contributed by atoms with van der Waals surface area (Å²) in [5.41, 5.74) is -0.122. The molecule has 1 aromatic rings. The second-order valence-corrected chi connectivity index (χ2v) is 5.16. The summed E-state index contributed by atoms with van der Waals surface area (Å²) >= 11 is 0. The van der Waals surface area contributed by atoms with Gasteiger partial charge in [0.15, 0.2) is 5.54 Å². The highest BCUT2D eigenvalue weighted by atomic mass is 16.5. The highest BCUT2D eigenvalue weighted by Gasteiger charge is 2.40. The fourth-order valence-corrected chi connectivity index (χ4v) is 2.55. The van der Waals surface area contributed by atoms with Crippen LogP contribution in [-0.4, -0.2) is 21.8 Å². The summed E-state index contributed by atoms with van der Waals surface area (Å²) in [5, 5.41) is 22.6. The van der Waals surface area contributed by atoms with Crippen molar-refractivity contribution in [2.45, 2.75) is 44.2 Å². The van der Waals surface area contributed by atoms with Crippen LogP contribution in [0.5, 0.6) is 0 Å². The van der Waals surface area contributed by atoms with Crippen molar-refractivity contribution in [2.24, 2.45) is 0 Å². The Morgan fingerprint density at radius 1 is 1.30 bits per heavy atom. The minimum Gasteiger partial charge on any atom is -0.332 e. The molecule has 0 saturated heterocycles. The number of hydroxylamine groups is 2. The third kappa shape index (κ3) is 3.09. The molecule has 1 saturated carbocycles. The lowest BCUT2D eigenvalue weighted by Crippen LogP contribution is -2.53. The number of carbonyl (C=O) groups excluding carboxylic acids is 1. The van der Waals surface area contributed by atoms with E-state index in [4.69, 9.17) is 0 Å². The van der Waals surface area contributed by atoms with Gasteiger partial charge in [0.1, 0.15) is 0 Å². The molecule has 0 bridgehead atoms. The molecule has 1 fully saturated rings. The van der Waals surface area contributed by atoms with Crippen LogP contribution in [-0.2, 0) is 6.54 Å². The van der Waals surface area contributed by atoms with Crippen LogP contribution in [0.25, 0.3) is 0 Å². The van der Waals surface area contributed by atoms with Crippen molar-refractivity contribution in [3.05, 3.63) is 35.9 Å². The van der Waals surface area contributed by atoms with Crippen LogP contribution in [0.4, 0.5) is 4.79 Å². The van der Waals surface area contributed by atoms with Gasteiger partial charge in [0.25, 0.3) is 0 Å². The van der Waals surface area contributed by atoms with E-state index in [1.807, 2.05) is 30.3 Å². The van der Waals surface area contributed by atoms with Gasteiger partial charge in [-0.1, -0.05) is 36.8 Å². The second kappa shape index (κ2) is 6.40. The Kier molecular flexibility index (Phi) is 4.59. The van der Waals surface area contributed by atoms with Crippen molar-refractivity contribution in [3.63, 3.8) is 0 Å². The van der Waals surface area contributed by atoms with Crippen molar-refractivity contribution in [3.8, 4) is 6.07 Å². The number of benzene rings is 1. The first-order valence-electron chi connectivity index (χ1n) is 6.90. The average molecular weight is 273 g/mol. The van der Waals surface area contributed by atoms with Crippen molar-refractivity contribution in [2.75, 3.05) is 0 Å². The molecule has 1 aliphatic carbocycles.